The molecular weight excluding hydrogens is 322 g/mol. The zero-order valence-electron chi connectivity index (χ0n) is 14.9. The summed E-state index contributed by atoms with van der Waals surface area (Å²) >= 11 is 0. The van der Waals surface area contributed by atoms with Crippen molar-refractivity contribution in [2.45, 2.75) is 82.0 Å². The maximum Gasteiger partial charge on any atom is 0.173 e. The zero-order chi connectivity index (χ0) is 17.6. The van der Waals surface area contributed by atoms with E-state index >= 15 is 0 Å². The summed E-state index contributed by atoms with van der Waals surface area (Å²) in [5.41, 5.74) is 0.540. The summed E-state index contributed by atoms with van der Waals surface area (Å²) < 4.78 is 5.19. The number of hydrogen-bond acceptors (Lipinski definition) is 6. The van der Waals surface area contributed by atoms with E-state index in [1.807, 2.05) is 0 Å². The van der Waals surface area contributed by atoms with E-state index < -0.39 is 37.3 Å². The van der Waals surface area contributed by atoms with Gasteiger partial charge in [-0.15, -0.1) is 0 Å². The molecule has 1 aliphatic heterocycles. The summed E-state index contributed by atoms with van der Waals surface area (Å²) in [4.78, 5) is 0. The lowest BCUT2D eigenvalue weighted by atomic mass is 9.48. The highest BCUT2D eigenvalue weighted by Gasteiger charge is 2.50. The molecule has 0 spiro atoms. The van der Waals surface area contributed by atoms with E-state index in [4.69, 9.17) is 9.84 Å². The number of nitrogens with one attached hydrogen (secondary N) is 1. The quantitative estimate of drug-likeness (QED) is 0.441. The number of rotatable bonds is 6. The van der Waals surface area contributed by atoms with Gasteiger partial charge in [0.1, 0.15) is 18.3 Å². The Kier molecular flexibility index (Phi) is 5.12. The lowest BCUT2D eigenvalue weighted by Crippen LogP contribution is -2.63. The molecule has 3 unspecified atom stereocenters. The van der Waals surface area contributed by atoms with Gasteiger partial charge in [-0.2, -0.15) is 0 Å². The Morgan fingerprint density at radius 1 is 0.920 bits per heavy atom. The van der Waals surface area contributed by atoms with Gasteiger partial charge in [-0.05, 0) is 81.1 Å². The molecule has 4 bridgehead atoms. The van der Waals surface area contributed by atoms with Crippen molar-refractivity contribution in [3.63, 3.8) is 0 Å². The van der Waals surface area contributed by atoms with E-state index in [-0.39, 0.29) is 0 Å². The van der Waals surface area contributed by atoms with Crippen LogP contribution in [0.4, 0.5) is 0 Å². The van der Waals surface area contributed by atoms with E-state index in [1.54, 1.807) is 0 Å². The Hall–Kier alpha value is -0.240. The molecule has 0 radical (unpaired) electrons. The molecule has 25 heavy (non-hydrogen) atoms. The fourth-order valence-corrected chi connectivity index (χ4v) is 6.65. The van der Waals surface area contributed by atoms with Crippen molar-refractivity contribution in [3.05, 3.63) is 0 Å². The third kappa shape index (κ3) is 3.49. The largest absolute Gasteiger partial charge is 0.394 e. The molecule has 5 rings (SSSR count). The molecule has 1 saturated heterocycles. The smallest absolute Gasteiger partial charge is 0.173 e. The summed E-state index contributed by atoms with van der Waals surface area (Å²) in [6.07, 6.45) is 6.32. The van der Waals surface area contributed by atoms with Crippen LogP contribution in [0.15, 0.2) is 0 Å². The van der Waals surface area contributed by atoms with E-state index in [0.29, 0.717) is 12.0 Å². The average Bonchev–Trinajstić information content (AvgIpc) is 2.56. The van der Waals surface area contributed by atoms with Gasteiger partial charge in [-0.3, -0.25) is 0 Å². The van der Waals surface area contributed by atoms with Crippen LogP contribution in [0, 0.1) is 23.2 Å². The Bertz CT molecular complexity index is 437. The number of aliphatic hydroxyl groups excluding tert-OH is 4. The molecule has 0 aromatic rings. The third-order valence-electron chi connectivity index (χ3n) is 7.33. The van der Waals surface area contributed by atoms with Gasteiger partial charge in [0.2, 0.25) is 0 Å². The second-order valence-corrected chi connectivity index (χ2v) is 9.23. The maximum atomic E-state index is 10.2. The molecule has 6 heteroatoms. The number of ether oxygens (including phenoxy) is 1. The summed E-state index contributed by atoms with van der Waals surface area (Å²) in [7, 11) is 0. The first kappa shape index (κ1) is 18.1. The van der Waals surface area contributed by atoms with Crippen LogP contribution in [0.1, 0.15) is 51.4 Å². The van der Waals surface area contributed by atoms with Crippen molar-refractivity contribution < 1.29 is 25.2 Å². The Labute approximate surface area is 149 Å². The minimum absolute atomic E-state index is 0.423. The van der Waals surface area contributed by atoms with Crippen molar-refractivity contribution in [2.24, 2.45) is 23.2 Å². The molecule has 144 valence electrons. The predicted octanol–water partition coefficient (Wildman–Crippen LogP) is 0.372. The van der Waals surface area contributed by atoms with E-state index in [2.05, 4.69) is 5.32 Å². The van der Waals surface area contributed by atoms with Crippen molar-refractivity contribution in [2.75, 3.05) is 13.2 Å². The molecule has 0 amide bonds. The monoisotopic (exact) mass is 355 g/mol. The second-order valence-electron chi connectivity index (χ2n) is 9.23. The first-order valence-electron chi connectivity index (χ1n) is 10.0. The van der Waals surface area contributed by atoms with Gasteiger partial charge < -0.3 is 30.5 Å². The van der Waals surface area contributed by atoms with Crippen LogP contribution in [-0.2, 0) is 4.74 Å². The molecule has 1 heterocycles. The minimum Gasteiger partial charge on any atom is -0.394 e. The van der Waals surface area contributed by atoms with Crippen molar-refractivity contribution in [1.82, 2.24) is 5.32 Å². The van der Waals surface area contributed by atoms with Crippen LogP contribution >= 0.6 is 0 Å². The van der Waals surface area contributed by atoms with Crippen molar-refractivity contribution in [3.8, 4) is 0 Å². The van der Waals surface area contributed by atoms with Gasteiger partial charge in [0, 0.05) is 0 Å². The summed E-state index contributed by atoms with van der Waals surface area (Å²) in [5, 5.41) is 42.4. The van der Waals surface area contributed by atoms with E-state index in [1.165, 1.54) is 44.9 Å². The van der Waals surface area contributed by atoms with Crippen LogP contribution in [0.3, 0.4) is 0 Å². The molecule has 4 aliphatic carbocycles. The second kappa shape index (κ2) is 7.06. The van der Waals surface area contributed by atoms with Gasteiger partial charge in [0.25, 0.3) is 0 Å². The third-order valence-corrected chi connectivity index (χ3v) is 7.33. The molecule has 4 saturated carbocycles. The molecule has 5 fully saturated rings. The fraction of sp³-hybridized carbons (Fsp3) is 1.00. The molecule has 5 N–H and O–H groups in total. The summed E-state index contributed by atoms with van der Waals surface area (Å²) in [6, 6.07) is -0.714. The fourth-order valence-electron chi connectivity index (χ4n) is 6.65. The van der Waals surface area contributed by atoms with Crippen molar-refractivity contribution in [1.29, 1.82) is 0 Å². The van der Waals surface area contributed by atoms with Crippen LogP contribution in [0.25, 0.3) is 0 Å². The first-order valence-corrected chi connectivity index (χ1v) is 10.0. The molecule has 0 aromatic heterocycles. The maximum absolute atomic E-state index is 10.2. The van der Waals surface area contributed by atoms with Gasteiger partial charge in [0.15, 0.2) is 6.29 Å². The van der Waals surface area contributed by atoms with Gasteiger partial charge in [0.05, 0.1) is 12.6 Å². The minimum atomic E-state index is -1.21. The summed E-state index contributed by atoms with van der Waals surface area (Å²) in [5.74, 6) is 2.88. The summed E-state index contributed by atoms with van der Waals surface area (Å²) in [6.45, 7) is 0.272. The zero-order valence-corrected chi connectivity index (χ0v) is 14.9. The molecule has 6 nitrogen and oxygen atoms in total. The number of hydrogen-bond donors (Lipinski definition) is 5. The molecular formula is C19H33NO5. The van der Waals surface area contributed by atoms with Gasteiger partial charge in [-0.25, -0.2) is 0 Å². The Morgan fingerprint density at radius 3 is 2.08 bits per heavy atom. The lowest BCUT2D eigenvalue weighted by Gasteiger charge is -2.57. The van der Waals surface area contributed by atoms with Crippen LogP contribution < -0.4 is 5.32 Å². The SMILES string of the molecule is OCC1OC(O)C(NCCCC23CC4CC(CC(C4)C2)C3)[C@@H](O)[C@H]1O. The molecule has 0 aromatic carbocycles. The van der Waals surface area contributed by atoms with E-state index in [0.717, 1.165) is 24.2 Å². The average molecular weight is 355 g/mol. The number of aliphatic hydroxyl groups is 4. The topological polar surface area (TPSA) is 102 Å². The highest BCUT2D eigenvalue weighted by atomic mass is 16.6. The van der Waals surface area contributed by atoms with Gasteiger partial charge >= 0.3 is 0 Å². The molecule has 5 atom stereocenters. The van der Waals surface area contributed by atoms with Crippen LogP contribution in [0.5, 0.6) is 0 Å². The van der Waals surface area contributed by atoms with Crippen LogP contribution in [-0.4, -0.2) is 64.2 Å². The predicted molar refractivity (Wildman–Crippen MR) is 91.6 cm³/mol. The highest BCUT2D eigenvalue weighted by Crippen LogP contribution is 2.61. The Morgan fingerprint density at radius 2 is 1.52 bits per heavy atom. The lowest BCUT2D eigenvalue weighted by molar-refractivity contribution is -0.254. The Balaban J connectivity index is 1.26. The first-order chi connectivity index (χ1) is 12.0. The van der Waals surface area contributed by atoms with E-state index in [9.17, 15) is 15.3 Å². The molecule has 5 aliphatic rings. The standard InChI is InChI=1S/C19H33NO5/c21-10-14-16(22)17(23)15(18(24)25-14)20-3-1-2-19-7-11-4-12(8-19)6-13(5-11)9-19/h11-18,20-24H,1-10H2/t11?,12?,13?,14?,15?,16-,17+,18?,19?/m0/s1. The van der Waals surface area contributed by atoms with Crippen molar-refractivity contribution >= 4 is 0 Å². The normalized spacial score (nSPS) is 51.8. The highest BCUT2D eigenvalue weighted by molar-refractivity contribution is 5.01. The van der Waals surface area contributed by atoms with Gasteiger partial charge in [-0.1, -0.05) is 0 Å². The van der Waals surface area contributed by atoms with Crippen LogP contribution in [0.2, 0.25) is 0 Å².